The third-order valence-electron chi connectivity index (χ3n) is 1.94. The first-order valence-corrected chi connectivity index (χ1v) is 5.18. The van der Waals surface area contributed by atoms with Gasteiger partial charge < -0.3 is 0 Å². The average molecular weight is 179 g/mol. The molecule has 1 heterocycles. The van der Waals surface area contributed by atoms with E-state index in [4.69, 9.17) is 0 Å². The number of pyridine rings is 1. The zero-order valence-electron chi connectivity index (χ0n) is 9.46. The van der Waals surface area contributed by atoms with Crippen LogP contribution in [0.15, 0.2) is 18.5 Å². The van der Waals surface area contributed by atoms with E-state index in [0.717, 1.165) is 6.42 Å². The smallest absolute Gasteiger partial charge is 0.0302 e. The lowest BCUT2D eigenvalue weighted by atomic mass is 9.98. The van der Waals surface area contributed by atoms with E-state index in [2.05, 4.69) is 31.8 Å². The SMILES string of the molecule is CC.CCc1cnccc1C(C)C. The first kappa shape index (κ1) is 12.2. The summed E-state index contributed by atoms with van der Waals surface area (Å²) in [4.78, 5) is 4.10. The highest BCUT2D eigenvalue weighted by Gasteiger charge is 2.02. The predicted octanol–water partition coefficient (Wildman–Crippen LogP) is 3.79. The topological polar surface area (TPSA) is 12.9 Å². The summed E-state index contributed by atoms with van der Waals surface area (Å²) in [6.07, 6.45) is 4.92. The van der Waals surface area contributed by atoms with Crippen LogP contribution in [0.2, 0.25) is 0 Å². The molecule has 0 aliphatic heterocycles. The zero-order valence-corrected chi connectivity index (χ0v) is 9.46. The van der Waals surface area contributed by atoms with Crippen molar-refractivity contribution in [2.24, 2.45) is 0 Å². The minimum Gasteiger partial charge on any atom is -0.264 e. The molecule has 13 heavy (non-hydrogen) atoms. The van der Waals surface area contributed by atoms with Gasteiger partial charge in [-0.15, -0.1) is 0 Å². The van der Waals surface area contributed by atoms with Gasteiger partial charge >= 0.3 is 0 Å². The van der Waals surface area contributed by atoms with Gasteiger partial charge in [0.1, 0.15) is 0 Å². The van der Waals surface area contributed by atoms with E-state index >= 15 is 0 Å². The van der Waals surface area contributed by atoms with Crippen molar-refractivity contribution in [3.63, 3.8) is 0 Å². The van der Waals surface area contributed by atoms with Crippen molar-refractivity contribution < 1.29 is 0 Å². The van der Waals surface area contributed by atoms with E-state index in [-0.39, 0.29) is 0 Å². The summed E-state index contributed by atoms with van der Waals surface area (Å²) in [5, 5.41) is 0. The molecule has 0 aliphatic rings. The summed E-state index contributed by atoms with van der Waals surface area (Å²) in [5.41, 5.74) is 2.81. The van der Waals surface area contributed by atoms with E-state index in [1.165, 1.54) is 11.1 Å². The lowest BCUT2D eigenvalue weighted by Crippen LogP contribution is -1.95. The van der Waals surface area contributed by atoms with Crippen LogP contribution in [0.3, 0.4) is 0 Å². The Morgan fingerprint density at radius 3 is 2.31 bits per heavy atom. The predicted molar refractivity (Wildman–Crippen MR) is 59.1 cm³/mol. The maximum atomic E-state index is 4.10. The normalized spacial score (nSPS) is 9.38. The van der Waals surface area contributed by atoms with E-state index in [1.807, 2.05) is 26.2 Å². The van der Waals surface area contributed by atoms with Crippen LogP contribution >= 0.6 is 0 Å². The molecule has 0 atom stereocenters. The van der Waals surface area contributed by atoms with Gasteiger partial charge in [0.15, 0.2) is 0 Å². The monoisotopic (exact) mass is 179 g/mol. The molecule has 0 aromatic carbocycles. The molecule has 0 bridgehead atoms. The van der Waals surface area contributed by atoms with E-state index < -0.39 is 0 Å². The number of nitrogens with zero attached hydrogens (tertiary/aromatic N) is 1. The molecule has 0 saturated carbocycles. The fourth-order valence-corrected chi connectivity index (χ4v) is 1.30. The number of hydrogen-bond donors (Lipinski definition) is 0. The Balaban J connectivity index is 0.000000671. The number of rotatable bonds is 2. The lowest BCUT2D eigenvalue weighted by Gasteiger charge is -2.09. The van der Waals surface area contributed by atoms with Gasteiger partial charge in [-0.1, -0.05) is 34.6 Å². The van der Waals surface area contributed by atoms with Gasteiger partial charge in [-0.2, -0.15) is 0 Å². The van der Waals surface area contributed by atoms with Crippen LogP contribution in [0.4, 0.5) is 0 Å². The van der Waals surface area contributed by atoms with E-state index in [0.29, 0.717) is 5.92 Å². The van der Waals surface area contributed by atoms with Gasteiger partial charge in [0.25, 0.3) is 0 Å². The number of aromatic nitrogens is 1. The quantitative estimate of drug-likeness (QED) is 0.673. The molecule has 0 spiro atoms. The van der Waals surface area contributed by atoms with Crippen molar-refractivity contribution in [3.8, 4) is 0 Å². The molecular weight excluding hydrogens is 158 g/mol. The van der Waals surface area contributed by atoms with Crippen LogP contribution in [0.5, 0.6) is 0 Å². The minimum atomic E-state index is 0.618. The molecule has 0 fully saturated rings. The molecule has 0 aliphatic carbocycles. The Bertz CT molecular complexity index is 228. The van der Waals surface area contributed by atoms with Crippen LogP contribution in [-0.2, 0) is 6.42 Å². The molecule has 74 valence electrons. The van der Waals surface area contributed by atoms with Gasteiger partial charge in [0.2, 0.25) is 0 Å². The van der Waals surface area contributed by atoms with Crippen LogP contribution in [0, 0.1) is 0 Å². The second-order valence-electron chi connectivity index (χ2n) is 3.08. The van der Waals surface area contributed by atoms with Gasteiger partial charge in [-0.05, 0) is 29.5 Å². The second-order valence-corrected chi connectivity index (χ2v) is 3.08. The van der Waals surface area contributed by atoms with Crippen LogP contribution in [0.1, 0.15) is 51.7 Å². The van der Waals surface area contributed by atoms with Crippen LogP contribution < -0.4 is 0 Å². The molecule has 0 amide bonds. The Labute approximate surface area is 82.2 Å². The molecule has 1 aromatic rings. The molecule has 1 nitrogen and oxygen atoms in total. The lowest BCUT2D eigenvalue weighted by molar-refractivity contribution is 0.838. The summed E-state index contributed by atoms with van der Waals surface area (Å²) in [5.74, 6) is 0.618. The summed E-state index contributed by atoms with van der Waals surface area (Å²) in [6.45, 7) is 10.6. The van der Waals surface area contributed by atoms with Crippen molar-refractivity contribution >= 4 is 0 Å². The minimum absolute atomic E-state index is 0.618. The largest absolute Gasteiger partial charge is 0.264 e. The van der Waals surface area contributed by atoms with Gasteiger partial charge in [0.05, 0.1) is 0 Å². The van der Waals surface area contributed by atoms with Crippen molar-refractivity contribution in [2.45, 2.75) is 47.0 Å². The van der Waals surface area contributed by atoms with Gasteiger partial charge in [0, 0.05) is 12.4 Å². The molecule has 0 unspecified atom stereocenters. The fraction of sp³-hybridized carbons (Fsp3) is 0.583. The Kier molecular flexibility index (Phi) is 6.21. The molecule has 1 rings (SSSR count). The van der Waals surface area contributed by atoms with Crippen molar-refractivity contribution in [1.82, 2.24) is 4.98 Å². The number of aryl methyl sites for hydroxylation is 1. The fourth-order valence-electron chi connectivity index (χ4n) is 1.30. The van der Waals surface area contributed by atoms with E-state index in [9.17, 15) is 0 Å². The maximum Gasteiger partial charge on any atom is 0.0302 e. The Morgan fingerprint density at radius 1 is 1.31 bits per heavy atom. The maximum absolute atomic E-state index is 4.10. The number of hydrogen-bond acceptors (Lipinski definition) is 1. The standard InChI is InChI=1S/C10H15N.C2H6/c1-4-9-7-11-6-5-10(9)8(2)3;1-2/h5-8H,4H2,1-3H3;1-2H3. The highest BCUT2D eigenvalue weighted by molar-refractivity contribution is 5.25. The summed E-state index contributed by atoms with van der Waals surface area (Å²) >= 11 is 0. The van der Waals surface area contributed by atoms with Crippen molar-refractivity contribution in [2.75, 3.05) is 0 Å². The average Bonchev–Trinajstić information content (AvgIpc) is 2.20. The summed E-state index contributed by atoms with van der Waals surface area (Å²) < 4.78 is 0. The van der Waals surface area contributed by atoms with Crippen molar-refractivity contribution in [1.29, 1.82) is 0 Å². The molecule has 0 radical (unpaired) electrons. The van der Waals surface area contributed by atoms with Crippen molar-refractivity contribution in [3.05, 3.63) is 29.6 Å². The Morgan fingerprint density at radius 2 is 1.92 bits per heavy atom. The van der Waals surface area contributed by atoms with E-state index in [1.54, 1.807) is 0 Å². The zero-order chi connectivity index (χ0) is 10.3. The van der Waals surface area contributed by atoms with Gasteiger partial charge in [-0.3, -0.25) is 4.98 Å². The Hall–Kier alpha value is -0.850. The molecule has 1 aromatic heterocycles. The third-order valence-corrected chi connectivity index (χ3v) is 1.94. The highest BCUT2D eigenvalue weighted by Crippen LogP contribution is 2.17. The summed E-state index contributed by atoms with van der Waals surface area (Å²) in [6, 6.07) is 2.11. The second kappa shape index (κ2) is 6.64. The molecular formula is C12H21N. The first-order valence-electron chi connectivity index (χ1n) is 5.18. The van der Waals surface area contributed by atoms with Crippen LogP contribution in [-0.4, -0.2) is 4.98 Å². The first-order chi connectivity index (χ1) is 6.25. The molecule has 1 heteroatoms. The molecule has 0 saturated heterocycles. The highest BCUT2D eigenvalue weighted by atomic mass is 14.6. The third kappa shape index (κ3) is 3.58. The molecule has 0 N–H and O–H groups in total. The van der Waals surface area contributed by atoms with Gasteiger partial charge in [-0.25, -0.2) is 0 Å². The van der Waals surface area contributed by atoms with Crippen LogP contribution in [0.25, 0.3) is 0 Å². The summed E-state index contributed by atoms with van der Waals surface area (Å²) in [7, 11) is 0.